The third kappa shape index (κ3) is 1.75. The number of nitrogens with two attached hydrogens (primary N) is 1. The van der Waals surface area contributed by atoms with Gasteiger partial charge in [-0.05, 0) is 38.0 Å². The number of carbonyl (C=O) groups is 1. The molecule has 0 radical (unpaired) electrons. The van der Waals surface area contributed by atoms with Gasteiger partial charge in [-0.3, -0.25) is 4.79 Å². The zero-order valence-electron chi connectivity index (χ0n) is 9.95. The lowest BCUT2D eigenvalue weighted by Gasteiger charge is -2.39. The quantitative estimate of drug-likeness (QED) is 0.772. The largest absolute Gasteiger partial charge is 0.338 e. The minimum absolute atomic E-state index is 0.0442. The van der Waals surface area contributed by atoms with Gasteiger partial charge in [0.2, 0.25) is 5.91 Å². The fourth-order valence-corrected chi connectivity index (χ4v) is 3.47. The first-order valence-electron chi connectivity index (χ1n) is 6.77. The molecular weight excluding hydrogens is 200 g/mol. The average molecular weight is 222 g/mol. The molecule has 2 aliphatic carbocycles. The number of carbonyl (C=O) groups excluding carboxylic acids is 1. The van der Waals surface area contributed by atoms with Gasteiger partial charge >= 0.3 is 0 Å². The van der Waals surface area contributed by atoms with E-state index in [2.05, 4.69) is 4.90 Å². The first-order chi connectivity index (χ1) is 7.69. The van der Waals surface area contributed by atoms with Gasteiger partial charge in [-0.1, -0.05) is 12.8 Å². The van der Waals surface area contributed by atoms with E-state index in [-0.39, 0.29) is 5.54 Å². The zero-order valence-corrected chi connectivity index (χ0v) is 9.95. The van der Waals surface area contributed by atoms with Crippen molar-refractivity contribution in [2.75, 3.05) is 6.54 Å². The van der Waals surface area contributed by atoms with Crippen LogP contribution in [-0.2, 0) is 4.79 Å². The molecule has 3 fully saturated rings. The zero-order chi connectivity index (χ0) is 11.2. The summed E-state index contributed by atoms with van der Waals surface area (Å²) in [5, 5.41) is 0. The van der Waals surface area contributed by atoms with Gasteiger partial charge in [0, 0.05) is 24.5 Å². The fourth-order valence-electron chi connectivity index (χ4n) is 3.47. The highest BCUT2D eigenvalue weighted by atomic mass is 16.2. The van der Waals surface area contributed by atoms with Gasteiger partial charge in [0.25, 0.3) is 0 Å². The molecule has 3 rings (SSSR count). The van der Waals surface area contributed by atoms with Crippen LogP contribution >= 0.6 is 0 Å². The minimum atomic E-state index is -0.0442. The lowest BCUT2D eigenvalue weighted by atomic mass is 9.78. The molecule has 0 aromatic rings. The first kappa shape index (κ1) is 10.6. The minimum Gasteiger partial charge on any atom is -0.338 e. The summed E-state index contributed by atoms with van der Waals surface area (Å²) in [6.45, 7) is 0.909. The Balaban J connectivity index is 1.69. The molecule has 1 heterocycles. The van der Waals surface area contributed by atoms with E-state index in [0.717, 1.165) is 32.2 Å². The van der Waals surface area contributed by atoms with Crippen LogP contribution in [0.2, 0.25) is 0 Å². The van der Waals surface area contributed by atoms with Gasteiger partial charge in [-0.15, -0.1) is 0 Å². The molecule has 3 nitrogen and oxygen atoms in total. The van der Waals surface area contributed by atoms with E-state index in [1.807, 2.05) is 0 Å². The van der Waals surface area contributed by atoms with Gasteiger partial charge in [0.15, 0.2) is 0 Å². The monoisotopic (exact) mass is 222 g/mol. The third-order valence-corrected chi connectivity index (χ3v) is 4.71. The summed E-state index contributed by atoms with van der Waals surface area (Å²) in [5.41, 5.74) is 6.40. The van der Waals surface area contributed by atoms with Crippen LogP contribution in [0, 0.1) is 5.92 Å². The van der Waals surface area contributed by atoms with Crippen LogP contribution < -0.4 is 5.73 Å². The molecule has 90 valence electrons. The molecule has 2 saturated carbocycles. The summed E-state index contributed by atoms with van der Waals surface area (Å²) < 4.78 is 0. The Morgan fingerprint density at radius 3 is 2.81 bits per heavy atom. The van der Waals surface area contributed by atoms with Crippen molar-refractivity contribution in [1.29, 1.82) is 0 Å². The maximum Gasteiger partial charge on any atom is 0.223 e. The Hall–Kier alpha value is -0.570. The lowest BCUT2D eigenvalue weighted by Crippen LogP contribution is -2.54. The summed E-state index contributed by atoms with van der Waals surface area (Å²) in [6, 6.07) is 0.354. The topological polar surface area (TPSA) is 46.3 Å². The second-order valence-corrected chi connectivity index (χ2v) is 5.98. The van der Waals surface area contributed by atoms with Crippen LogP contribution in [-0.4, -0.2) is 28.9 Å². The molecule has 16 heavy (non-hydrogen) atoms. The molecule has 3 heteroatoms. The molecule has 0 aromatic heterocycles. The van der Waals surface area contributed by atoms with E-state index in [0.29, 0.717) is 17.9 Å². The predicted octanol–water partition coefficient (Wildman–Crippen LogP) is 1.66. The van der Waals surface area contributed by atoms with Crippen LogP contribution in [0.1, 0.15) is 51.4 Å². The summed E-state index contributed by atoms with van der Waals surface area (Å²) >= 11 is 0. The van der Waals surface area contributed by atoms with Gasteiger partial charge in [-0.2, -0.15) is 0 Å². The molecular formula is C13H22N2O. The second kappa shape index (κ2) is 3.73. The Labute approximate surface area is 97.4 Å². The highest BCUT2D eigenvalue weighted by Gasteiger charge is 2.47. The summed E-state index contributed by atoms with van der Waals surface area (Å²) in [4.78, 5) is 14.3. The second-order valence-electron chi connectivity index (χ2n) is 5.98. The van der Waals surface area contributed by atoms with Crippen LogP contribution in [0.25, 0.3) is 0 Å². The first-order valence-corrected chi connectivity index (χ1v) is 6.77. The van der Waals surface area contributed by atoms with E-state index < -0.39 is 0 Å². The number of rotatable bonds is 2. The maximum absolute atomic E-state index is 12.2. The van der Waals surface area contributed by atoms with Crippen molar-refractivity contribution in [3.8, 4) is 0 Å². The molecule has 1 aliphatic heterocycles. The summed E-state index contributed by atoms with van der Waals surface area (Å²) in [5.74, 6) is 1.07. The molecule has 0 aromatic carbocycles. The van der Waals surface area contributed by atoms with Crippen LogP contribution in [0.5, 0.6) is 0 Å². The molecule has 2 unspecified atom stereocenters. The molecule has 3 aliphatic rings. The maximum atomic E-state index is 12.2. The summed E-state index contributed by atoms with van der Waals surface area (Å²) in [6.07, 6.45) is 9.07. The van der Waals surface area contributed by atoms with Crippen molar-refractivity contribution < 1.29 is 4.79 Å². The Bertz CT molecular complexity index is 300. The number of hydrogen-bond donors (Lipinski definition) is 1. The average Bonchev–Trinajstić information content (AvgIpc) is 2.98. The summed E-state index contributed by atoms with van der Waals surface area (Å²) in [7, 11) is 0. The van der Waals surface area contributed by atoms with Crippen molar-refractivity contribution in [2.24, 2.45) is 11.7 Å². The van der Waals surface area contributed by atoms with Gasteiger partial charge in [0.1, 0.15) is 0 Å². The third-order valence-electron chi connectivity index (χ3n) is 4.71. The van der Waals surface area contributed by atoms with Gasteiger partial charge < -0.3 is 10.6 Å². The highest BCUT2D eigenvalue weighted by molar-refractivity contribution is 5.77. The molecule has 0 bridgehead atoms. The SMILES string of the molecule is NC12CCCCC1N(C(=O)CC1CC1)CC2. The van der Waals surface area contributed by atoms with Crippen molar-refractivity contribution in [1.82, 2.24) is 4.90 Å². The molecule has 1 amide bonds. The predicted molar refractivity (Wildman–Crippen MR) is 62.8 cm³/mol. The van der Waals surface area contributed by atoms with E-state index >= 15 is 0 Å². The highest BCUT2D eigenvalue weighted by Crippen LogP contribution is 2.40. The number of hydrogen-bond acceptors (Lipinski definition) is 2. The van der Waals surface area contributed by atoms with Gasteiger partial charge in [-0.25, -0.2) is 0 Å². The van der Waals surface area contributed by atoms with Crippen LogP contribution in [0.15, 0.2) is 0 Å². The van der Waals surface area contributed by atoms with Gasteiger partial charge in [0.05, 0.1) is 0 Å². The van der Waals surface area contributed by atoms with E-state index in [4.69, 9.17) is 5.73 Å². The van der Waals surface area contributed by atoms with E-state index in [1.165, 1.54) is 25.7 Å². The smallest absolute Gasteiger partial charge is 0.223 e. The Morgan fingerprint density at radius 2 is 2.06 bits per heavy atom. The molecule has 2 N–H and O–H groups in total. The molecule has 2 atom stereocenters. The number of fused-ring (bicyclic) bond motifs is 1. The lowest BCUT2D eigenvalue weighted by molar-refractivity contribution is -0.133. The van der Waals surface area contributed by atoms with E-state index in [9.17, 15) is 4.79 Å². The Morgan fingerprint density at radius 1 is 1.25 bits per heavy atom. The normalized spacial score (nSPS) is 38.6. The van der Waals surface area contributed by atoms with Crippen LogP contribution in [0.3, 0.4) is 0 Å². The van der Waals surface area contributed by atoms with Crippen molar-refractivity contribution in [3.05, 3.63) is 0 Å². The number of amides is 1. The standard InChI is InChI=1S/C13H22N2O/c14-13-6-2-1-3-11(13)15(8-7-13)12(16)9-10-4-5-10/h10-11H,1-9,14H2. The number of likely N-dealkylation sites (tertiary alicyclic amines) is 1. The fraction of sp³-hybridized carbons (Fsp3) is 0.923. The van der Waals surface area contributed by atoms with Crippen molar-refractivity contribution in [3.63, 3.8) is 0 Å². The van der Waals surface area contributed by atoms with Crippen LogP contribution in [0.4, 0.5) is 0 Å². The van der Waals surface area contributed by atoms with Crippen molar-refractivity contribution in [2.45, 2.75) is 62.9 Å². The molecule has 0 spiro atoms. The molecule has 1 saturated heterocycles. The van der Waals surface area contributed by atoms with E-state index in [1.54, 1.807) is 0 Å². The Kier molecular flexibility index (Phi) is 2.46. The van der Waals surface area contributed by atoms with Crippen molar-refractivity contribution >= 4 is 5.91 Å². The number of nitrogens with zero attached hydrogens (tertiary/aromatic N) is 1.